The van der Waals surface area contributed by atoms with E-state index in [0.29, 0.717) is 11.3 Å². The number of ether oxygens (including phenoxy) is 1. The molecule has 7 nitrogen and oxygen atoms in total. The molecule has 0 saturated carbocycles. The second-order valence-corrected chi connectivity index (χ2v) is 9.62. The van der Waals surface area contributed by atoms with Crippen LogP contribution in [0, 0.1) is 6.92 Å². The molecule has 0 saturated heterocycles. The fourth-order valence-corrected chi connectivity index (χ4v) is 4.96. The van der Waals surface area contributed by atoms with Gasteiger partial charge in [-0.15, -0.1) is 11.3 Å². The predicted molar refractivity (Wildman–Crippen MR) is 122 cm³/mol. The van der Waals surface area contributed by atoms with Crippen molar-refractivity contribution in [2.75, 3.05) is 13.7 Å². The third-order valence-electron chi connectivity index (χ3n) is 4.45. The summed E-state index contributed by atoms with van der Waals surface area (Å²) in [7, 11) is -2.42. The van der Waals surface area contributed by atoms with Crippen molar-refractivity contribution in [2.45, 2.75) is 18.4 Å². The van der Waals surface area contributed by atoms with Crippen molar-refractivity contribution in [1.82, 2.24) is 9.73 Å². The van der Waals surface area contributed by atoms with Crippen LogP contribution >= 0.6 is 11.3 Å². The predicted octanol–water partition coefficient (Wildman–Crippen LogP) is 3.41. The minimum Gasteiger partial charge on any atom is -0.496 e. The van der Waals surface area contributed by atoms with Crippen molar-refractivity contribution < 1.29 is 17.9 Å². The molecule has 1 heterocycles. The Kier molecular flexibility index (Phi) is 7.56. The molecule has 1 amide bonds. The van der Waals surface area contributed by atoms with E-state index in [1.165, 1.54) is 30.7 Å². The van der Waals surface area contributed by atoms with E-state index in [0.717, 1.165) is 14.7 Å². The summed E-state index contributed by atoms with van der Waals surface area (Å²) in [5.74, 6) is 0.0618. The molecule has 0 aliphatic carbocycles. The molecule has 1 aromatic heterocycles. The van der Waals surface area contributed by atoms with Gasteiger partial charge in [-0.3, -0.25) is 4.79 Å². The minimum absolute atomic E-state index is 0.0519. The molecule has 0 spiro atoms. The molecule has 0 unspecified atom stereocenters. The maximum absolute atomic E-state index is 13.4. The third-order valence-corrected chi connectivity index (χ3v) is 7.04. The van der Waals surface area contributed by atoms with Crippen LogP contribution in [0.3, 0.4) is 0 Å². The van der Waals surface area contributed by atoms with E-state index in [9.17, 15) is 13.2 Å². The molecule has 0 radical (unpaired) electrons. The smallest absolute Gasteiger partial charge is 0.255 e. The first-order chi connectivity index (χ1) is 14.9. The van der Waals surface area contributed by atoms with Crippen LogP contribution in [0.15, 0.2) is 76.0 Å². The van der Waals surface area contributed by atoms with Crippen molar-refractivity contribution in [3.8, 4) is 5.75 Å². The fraction of sp³-hybridized carbons (Fsp3) is 0.182. The van der Waals surface area contributed by atoms with Crippen LogP contribution in [-0.2, 0) is 21.4 Å². The lowest BCUT2D eigenvalue weighted by Gasteiger charge is -2.22. The Hall–Kier alpha value is -3.01. The highest BCUT2D eigenvalue weighted by atomic mass is 32.2. The second kappa shape index (κ2) is 10.3. The lowest BCUT2D eigenvalue weighted by atomic mass is 10.2. The highest BCUT2D eigenvalue weighted by molar-refractivity contribution is 7.89. The van der Waals surface area contributed by atoms with Gasteiger partial charge < -0.3 is 4.74 Å². The Morgan fingerprint density at radius 1 is 1.16 bits per heavy atom. The Labute approximate surface area is 186 Å². The maximum Gasteiger partial charge on any atom is 0.255 e. The number of carbonyl (C=O) groups is 1. The van der Waals surface area contributed by atoms with E-state index < -0.39 is 15.9 Å². The highest BCUT2D eigenvalue weighted by Crippen LogP contribution is 2.24. The van der Waals surface area contributed by atoms with Crippen LogP contribution in [0.2, 0.25) is 0 Å². The molecule has 162 valence electrons. The number of thiophene rings is 1. The monoisotopic (exact) mass is 457 g/mol. The number of hydrogen-bond donors (Lipinski definition) is 1. The summed E-state index contributed by atoms with van der Waals surface area (Å²) in [6.07, 6.45) is 1.52. The average Bonchev–Trinajstić information content (AvgIpc) is 3.27. The summed E-state index contributed by atoms with van der Waals surface area (Å²) >= 11 is 1.48. The number of aryl methyl sites for hydroxylation is 1. The van der Waals surface area contributed by atoms with Crippen molar-refractivity contribution in [3.63, 3.8) is 0 Å². The Bertz CT molecular complexity index is 1140. The van der Waals surface area contributed by atoms with Crippen LogP contribution in [0.1, 0.15) is 16.0 Å². The topological polar surface area (TPSA) is 88.1 Å². The van der Waals surface area contributed by atoms with E-state index in [-0.39, 0.29) is 18.0 Å². The second-order valence-electron chi connectivity index (χ2n) is 6.70. The molecule has 0 atom stereocenters. The van der Waals surface area contributed by atoms with Crippen LogP contribution in [-0.4, -0.2) is 38.5 Å². The van der Waals surface area contributed by atoms with Crippen LogP contribution in [0.4, 0.5) is 0 Å². The number of benzene rings is 2. The molecule has 9 heteroatoms. The van der Waals surface area contributed by atoms with Crippen molar-refractivity contribution in [2.24, 2.45) is 5.10 Å². The third kappa shape index (κ3) is 6.00. The fourth-order valence-electron chi connectivity index (χ4n) is 2.90. The maximum atomic E-state index is 13.4. The molecule has 2 aromatic carbocycles. The van der Waals surface area contributed by atoms with Gasteiger partial charge in [0.25, 0.3) is 5.91 Å². The normalized spacial score (nSPS) is 11.7. The van der Waals surface area contributed by atoms with Gasteiger partial charge in [-0.25, -0.2) is 13.8 Å². The van der Waals surface area contributed by atoms with Crippen molar-refractivity contribution in [3.05, 3.63) is 82.0 Å². The van der Waals surface area contributed by atoms with E-state index in [2.05, 4.69) is 10.5 Å². The number of nitrogens with one attached hydrogen (secondary N) is 1. The molecular weight excluding hydrogens is 434 g/mol. The lowest BCUT2D eigenvalue weighted by Crippen LogP contribution is -2.39. The molecule has 0 fully saturated rings. The van der Waals surface area contributed by atoms with Crippen LogP contribution in [0.5, 0.6) is 5.75 Å². The Balaban J connectivity index is 1.83. The minimum atomic E-state index is -3.94. The summed E-state index contributed by atoms with van der Waals surface area (Å²) < 4.78 is 33.1. The van der Waals surface area contributed by atoms with Gasteiger partial charge in [0.1, 0.15) is 5.75 Å². The number of sulfonamides is 1. The van der Waals surface area contributed by atoms with E-state index in [1.807, 2.05) is 47.8 Å². The average molecular weight is 458 g/mol. The summed E-state index contributed by atoms with van der Waals surface area (Å²) in [4.78, 5) is 13.4. The van der Waals surface area contributed by atoms with Gasteiger partial charge in [0, 0.05) is 11.4 Å². The SMILES string of the molecule is COc1ccc(S(=O)(=O)N(CC(=O)N/N=C/c2cccs2)Cc2ccccc2)cc1C. The molecule has 3 aromatic rings. The Morgan fingerprint density at radius 2 is 1.94 bits per heavy atom. The first-order valence-electron chi connectivity index (χ1n) is 9.44. The van der Waals surface area contributed by atoms with Crippen molar-refractivity contribution in [1.29, 1.82) is 0 Å². The quantitative estimate of drug-likeness (QED) is 0.394. The zero-order chi connectivity index (χ0) is 22.3. The summed E-state index contributed by atoms with van der Waals surface area (Å²) in [5.41, 5.74) is 3.86. The highest BCUT2D eigenvalue weighted by Gasteiger charge is 2.27. The van der Waals surface area contributed by atoms with Gasteiger partial charge in [-0.05, 0) is 47.7 Å². The summed E-state index contributed by atoms with van der Waals surface area (Å²) in [5, 5.41) is 5.81. The number of amides is 1. The van der Waals surface area contributed by atoms with E-state index >= 15 is 0 Å². The van der Waals surface area contributed by atoms with Crippen LogP contribution in [0.25, 0.3) is 0 Å². The lowest BCUT2D eigenvalue weighted by molar-refractivity contribution is -0.121. The van der Waals surface area contributed by atoms with Gasteiger partial charge in [0.2, 0.25) is 10.0 Å². The van der Waals surface area contributed by atoms with Crippen molar-refractivity contribution >= 4 is 33.5 Å². The molecule has 0 aliphatic rings. The summed E-state index contributed by atoms with van der Waals surface area (Å²) in [6.45, 7) is 1.45. The van der Waals surface area contributed by atoms with Gasteiger partial charge in [-0.1, -0.05) is 36.4 Å². The molecule has 0 bridgehead atoms. The standard InChI is InChI=1S/C22H23N3O4S2/c1-17-13-20(10-11-21(17)29-2)31(27,28)25(15-18-7-4-3-5-8-18)16-22(26)24-23-14-19-9-6-12-30-19/h3-14H,15-16H2,1-2H3,(H,24,26)/b23-14+. The molecular formula is C22H23N3O4S2. The number of hydrazone groups is 1. The van der Waals surface area contributed by atoms with E-state index in [1.54, 1.807) is 19.1 Å². The van der Waals surface area contributed by atoms with Gasteiger partial charge in [-0.2, -0.15) is 9.41 Å². The number of rotatable bonds is 9. The van der Waals surface area contributed by atoms with Gasteiger partial charge >= 0.3 is 0 Å². The first kappa shape index (κ1) is 22.7. The molecule has 1 N–H and O–H groups in total. The molecule has 31 heavy (non-hydrogen) atoms. The Morgan fingerprint density at radius 3 is 2.58 bits per heavy atom. The number of methoxy groups -OCH3 is 1. The van der Waals surface area contributed by atoms with E-state index in [4.69, 9.17) is 4.74 Å². The molecule has 3 rings (SSSR count). The zero-order valence-corrected chi connectivity index (χ0v) is 18.8. The zero-order valence-electron chi connectivity index (χ0n) is 17.2. The van der Waals surface area contributed by atoms with Gasteiger partial charge in [0.15, 0.2) is 0 Å². The largest absolute Gasteiger partial charge is 0.496 e. The number of carbonyl (C=O) groups excluding carboxylic acids is 1. The van der Waals surface area contributed by atoms with Crippen LogP contribution < -0.4 is 10.2 Å². The van der Waals surface area contributed by atoms with Gasteiger partial charge in [0.05, 0.1) is 24.8 Å². The molecule has 0 aliphatic heterocycles. The first-order valence-corrected chi connectivity index (χ1v) is 11.8. The number of hydrogen-bond acceptors (Lipinski definition) is 6. The summed E-state index contributed by atoms with van der Waals surface area (Å²) in [6, 6.07) is 17.5. The number of nitrogens with zero attached hydrogens (tertiary/aromatic N) is 2.